The molecular weight excluding hydrogens is 753 g/mol. The first-order valence-corrected chi connectivity index (χ1v) is 26.6. The number of hydrogen-bond donors (Lipinski definition) is 1. The van der Waals surface area contributed by atoms with Crippen molar-refractivity contribution in [3.05, 3.63) is 0 Å². The van der Waals surface area contributed by atoms with Crippen molar-refractivity contribution in [1.29, 1.82) is 0 Å². The summed E-state index contributed by atoms with van der Waals surface area (Å²) in [5.41, 5.74) is 0. The van der Waals surface area contributed by atoms with Crippen LogP contribution in [0.2, 0.25) is 0 Å². The second kappa shape index (κ2) is 50.9. The van der Waals surface area contributed by atoms with Crippen LogP contribution in [-0.4, -0.2) is 87.4 Å². The highest BCUT2D eigenvalue weighted by Gasteiger charge is 2.09. The molecule has 9 heteroatoms. The molecule has 1 N–H and O–H groups in total. The third-order valence-electron chi connectivity index (χ3n) is 11.2. The molecule has 0 amide bonds. The van der Waals surface area contributed by atoms with Crippen LogP contribution in [0.25, 0.3) is 0 Å². The first-order valence-electron chi connectivity index (χ1n) is 25.4. The average molecular weight is 855 g/mol. The van der Waals surface area contributed by atoms with E-state index >= 15 is 0 Å². The molecule has 0 heterocycles. The van der Waals surface area contributed by atoms with Gasteiger partial charge in [-0.15, -0.1) is 0 Å². The maximum Gasteiger partial charge on any atom is 0.305 e. The summed E-state index contributed by atoms with van der Waals surface area (Å²) < 4.78 is 13.9. The number of hydrogen-bond acceptors (Lipinski definition) is 7. The Balaban J connectivity index is 0. The predicted molar refractivity (Wildman–Crippen MR) is 261 cm³/mol. The molecule has 0 aliphatic heterocycles. The van der Waals surface area contributed by atoms with Crippen LogP contribution in [0.15, 0.2) is 4.99 Å². The summed E-state index contributed by atoms with van der Waals surface area (Å²) >= 11 is 1.59. The lowest BCUT2D eigenvalue weighted by Crippen LogP contribution is -2.32. The predicted octanol–water partition coefficient (Wildman–Crippen LogP) is 14.5. The Morgan fingerprint density at radius 3 is 1.42 bits per heavy atom. The fourth-order valence-electron chi connectivity index (χ4n) is 7.40. The smallest absolute Gasteiger partial charge is 0.305 e. The highest BCUT2D eigenvalue weighted by atomic mass is 32.2. The number of rotatable bonds is 44. The van der Waals surface area contributed by atoms with Crippen molar-refractivity contribution in [2.75, 3.05) is 53.1 Å². The van der Waals surface area contributed by atoms with Crippen LogP contribution in [0.4, 0.5) is 0 Å². The van der Waals surface area contributed by atoms with Crippen LogP contribution in [0, 0.1) is 0 Å². The van der Waals surface area contributed by atoms with Gasteiger partial charge in [-0.3, -0.25) is 14.6 Å². The van der Waals surface area contributed by atoms with Crippen molar-refractivity contribution in [3.8, 4) is 0 Å². The molecule has 0 saturated heterocycles. The Labute approximate surface area is 372 Å². The van der Waals surface area contributed by atoms with Crippen LogP contribution >= 0.6 is 11.9 Å². The number of ether oxygens (including phenoxy) is 2. The number of carbonyl (C=O) groups is 2. The van der Waals surface area contributed by atoms with Gasteiger partial charge in [0.25, 0.3) is 6.47 Å². The lowest BCUT2D eigenvalue weighted by Gasteiger charge is -2.22. The minimum Gasteiger partial charge on any atom is -0.466 e. The zero-order valence-electron chi connectivity index (χ0n) is 40.6. The van der Waals surface area contributed by atoms with E-state index in [9.17, 15) is 9.59 Å². The van der Waals surface area contributed by atoms with E-state index in [1.165, 1.54) is 186 Å². The maximum atomic E-state index is 12.0. The van der Waals surface area contributed by atoms with Gasteiger partial charge in [-0.2, -0.15) is 0 Å². The Kier molecular flexibility index (Phi) is 51.4. The molecular formula is C50H102N4O4S. The molecule has 0 aliphatic rings. The zero-order chi connectivity index (χ0) is 43.7. The summed E-state index contributed by atoms with van der Waals surface area (Å²) in [6.45, 7) is 14.7. The molecule has 8 nitrogen and oxygen atoms in total. The van der Waals surface area contributed by atoms with Gasteiger partial charge in [-0.25, -0.2) is 0 Å². The topological polar surface area (TPSA) is 83.5 Å². The van der Waals surface area contributed by atoms with E-state index in [4.69, 9.17) is 14.5 Å². The van der Waals surface area contributed by atoms with E-state index in [1.807, 2.05) is 25.3 Å². The number of unbranched alkanes of at least 4 members (excludes halogenated alkanes) is 25. The normalized spacial score (nSPS) is 11.5. The lowest BCUT2D eigenvalue weighted by atomic mass is 10.0. The van der Waals surface area contributed by atoms with E-state index in [-0.39, 0.29) is 12.1 Å². The van der Waals surface area contributed by atoms with Gasteiger partial charge in [0, 0.05) is 33.3 Å². The molecule has 0 atom stereocenters. The van der Waals surface area contributed by atoms with Crippen molar-refractivity contribution in [1.82, 2.24) is 14.5 Å². The lowest BCUT2D eigenvalue weighted by molar-refractivity contribution is -0.144. The quantitative estimate of drug-likeness (QED) is 0.0162. The van der Waals surface area contributed by atoms with Gasteiger partial charge in [0.05, 0.1) is 6.61 Å². The first kappa shape index (κ1) is 59.6. The van der Waals surface area contributed by atoms with Crippen LogP contribution < -0.4 is 4.72 Å². The van der Waals surface area contributed by atoms with Crippen molar-refractivity contribution >= 4 is 30.3 Å². The molecule has 0 aliphatic carbocycles. The maximum absolute atomic E-state index is 12.0. The third kappa shape index (κ3) is 47.4. The SMILES string of the molecule is CCCCCCCCC(CCCCCCCC)OC=O.CCCCCCCCCOC(=O)CCCCCCCN(CCCCCCCC)CCCN=C(NSC)N(C)C. The molecule has 0 aromatic carbocycles. The summed E-state index contributed by atoms with van der Waals surface area (Å²) in [6.07, 6.45) is 44.4. The van der Waals surface area contributed by atoms with E-state index in [2.05, 4.69) is 37.3 Å². The second-order valence-corrected chi connectivity index (χ2v) is 17.8. The summed E-state index contributed by atoms with van der Waals surface area (Å²) in [5, 5.41) is 0. The molecule has 352 valence electrons. The van der Waals surface area contributed by atoms with Gasteiger partial charge in [0.15, 0.2) is 0 Å². The molecule has 0 saturated carbocycles. The number of aliphatic imine (C=N–C) groups is 1. The summed E-state index contributed by atoms with van der Waals surface area (Å²) in [5.74, 6) is 0.950. The number of esters is 1. The number of nitrogens with one attached hydrogen (secondary N) is 1. The van der Waals surface area contributed by atoms with Crippen molar-refractivity contribution in [3.63, 3.8) is 0 Å². The van der Waals surface area contributed by atoms with Gasteiger partial charge >= 0.3 is 5.97 Å². The van der Waals surface area contributed by atoms with Gasteiger partial charge in [-0.05, 0) is 77.4 Å². The monoisotopic (exact) mass is 855 g/mol. The highest BCUT2D eigenvalue weighted by Crippen LogP contribution is 2.16. The number of nitrogens with zero attached hydrogens (tertiary/aromatic N) is 3. The fourth-order valence-corrected chi connectivity index (χ4v) is 7.83. The minimum absolute atomic E-state index is 0.00101. The Bertz CT molecular complexity index is 862. The zero-order valence-corrected chi connectivity index (χ0v) is 41.4. The van der Waals surface area contributed by atoms with E-state index in [0.29, 0.717) is 19.5 Å². The molecule has 0 spiro atoms. The Morgan fingerprint density at radius 2 is 0.983 bits per heavy atom. The third-order valence-corrected chi connectivity index (χ3v) is 11.6. The van der Waals surface area contributed by atoms with Crippen molar-refractivity contribution in [2.24, 2.45) is 4.99 Å². The highest BCUT2D eigenvalue weighted by molar-refractivity contribution is 7.97. The Morgan fingerprint density at radius 1 is 0.576 bits per heavy atom. The Hall–Kier alpha value is -1.48. The fraction of sp³-hybridized carbons (Fsp3) is 0.940. The summed E-state index contributed by atoms with van der Waals surface area (Å²) in [4.78, 5) is 32.0. The van der Waals surface area contributed by atoms with Crippen molar-refractivity contribution in [2.45, 2.75) is 252 Å². The van der Waals surface area contributed by atoms with Crippen LogP contribution in [0.1, 0.15) is 246 Å². The molecule has 0 aromatic rings. The van der Waals surface area contributed by atoms with Crippen LogP contribution in [0.5, 0.6) is 0 Å². The molecule has 0 aromatic heterocycles. The standard InChI is InChI=1S/C32H66N4O2S.C18H36O2/c1-6-8-10-12-14-19-23-30-38-31(37)25-20-16-15-18-22-28-36(27-21-17-13-11-9-7-2)29-24-26-33-32(34-39-5)35(3)4;1-3-5-7-9-11-13-15-18(20-17-19)16-14-12-10-8-6-4-2/h6-30H2,1-5H3,(H,33,34);17-18H,3-16H2,1-2H3. The average Bonchev–Trinajstić information content (AvgIpc) is 3.23. The van der Waals surface area contributed by atoms with Crippen molar-refractivity contribution < 1.29 is 19.1 Å². The van der Waals surface area contributed by atoms with Gasteiger partial charge in [0.1, 0.15) is 6.10 Å². The first-order chi connectivity index (χ1) is 28.9. The minimum atomic E-state index is -0.00101. The van der Waals surface area contributed by atoms with Gasteiger partial charge < -0.3 is 24.0 Å². The summed E-state index contributed by atoms with van der Waals surface area (Å²) in [7, 11) is 4.07. The van der Waals surface area contributed by atoms with Gasteiger partial charge in [-0.1, -0.05) is 194 Å². The summed E-state index contributed by atoms with van der Waals surface area (Å²) in [6, 6.07) is 0. The number of guanidine groups is 1. The molecule has 0 bridgehead atoms. The van der Waals surface area contributed by atoms with Crippen LogP contribution in [-0.2, 0) is 19.1 Å². The van der Waals surface area contributed by atoms with E-state index in [0.717, 1.165) is 57.6 Å². The molecule has 0 rings (SSSR count). The number of carbonyl (C=O) groups excluding carboxylic acids is 2. The van der Waals surface area contributed by atoms with Gasteiger partial charge in [0.2, 0.25) is 5.96 Å². The largest absolute Gasteiger partial charge is 0.466 e. The van der Waals surface area contributed by atoms with E-state index < -0.39 is 0 Å². The van der Waals surface area contributed by atoms with E-state index in [1.54, 1.807) is 11.9 Å². The molecule has 59 heavy (non-hydrogen) atoms. The molecule has 0 radical (unpaired) electrons. The molecule has 0 unspecified atom stereocenters. The second-order valence-electron chi connectivity index (χ2n) is 17.2. The van der Waals surface area contributed by atoms with Crippen LogP contribution in [0.3, 0.4) is 0 Å². The molecule has 0 fully saturated rings.